The summed E-state index contributed by atoms with van der Waals surface area (Å²) in [5.41, 5.74) is 3.55. The molecule has 0 saturated heterocycles. The first kappa shape index (κ1) is 14.5. The molecule has 0 unspecified atom stereocenters. The van der Waals surface area contributed by atoms with Gasteiger partial charge >= 0.3 is 0 Å². The van der Waals surface area contributed by atoms with Gasteiger partial charge in [-0.15, -0.1) is 11.3 Å². The minimum absolute atomic E-state index is 0.233. The highest BCUT2D eigenvalue weighted by molar-refractivity contribution is 7.10. The number of carbonyl (C=O) groups is 1. The molecule has 0 spiro atoms. The number of benzene rings is 1. The number of hydrogen-bond donors (Lipinski definition) is 0. The molecule has 3 heteroatoms. The van der Waals surface area contributed by atoms with Crippen LogP contribution in [0.25, 0.3) is 0 Å². The third kappa shape index (κ3) is 3.42. The number of rotatable bonds is 5. The van der Waals surface area contributed by atoms with Crippen molar-refractivity contribution in [2.24, 2.45) is 0 Å². The molecule has 0 aliphatic carbocycles. The average Bonchev–Trinajstić information content (AvgIpc) is 2.96. The van der Waals surface area contributed by atoms with Crippen molar-refractivity contribution in [2.75, 3.05) is 13.1 Å². The van der Waals surface area contributed by atoms with Crippen LogP contribution in [0, 0.1) is 0 Å². The third-order valence-corrected chi connectivity index (χ3v) is 5.09. The van der Waals surface area contributed by atoms with E-state index < -0.39 is 0 Å². The minimum atomic E-state index is 0.233. The van der Waals surface area contributed by atoms with Gasteiger partial charge in [0.05, 0.1) is 6.54 Å². The molecular weight excluding hydrogens is 278 g/mol. The van der Waals surface area contributed by atoms with Crippen molar-refractivity contribution in [3.8, 4) is 0 Å². The second-order valence-corrected chi connectivity index (χ2v) is 6.70. The quantitative estimate of drug-likeness (QED) is 0.779. The van der Waals surface area contributed by atoms with E-state index in [1.165, 1.54) is 16.0 Å². The van der Waals surface area contributed by atoms with Crippen LogP contribution in [0.3, 0.4) is 0 Å². The maximum Gasteiger partial charge on any atom is 0.176 e. The highest BCUT2D eigenvalue weighted by Gasteiger charge is 2.19. The molecule has 110 valence electrons. The summed E-state index contributed by atoms with van der Waals surface area (Å²) in [6.45, 7) is 4.61. The lowest BCUT2D eigenvalue weighted by atomic mass is 10.0. The zero-order valence-corrected chi connectivity index (χ0v) is 13.3. The first-order valence-corrected chi connectivity index (χ1v) is 8.54. The Balaban J connectivity index is 1.61. The Morgan fingerprint density at radius 2 is 2.05 bits per heavy atom. The Bertz CT molecular complexity index is 614. The Labute approximate surface area is 130 Å². The van der Waals surface area contributed by atoms with Gasteiger partial charge in [-0.05, 0) is 35.4 Å². The standard InChI is InChI=1S/C18H21NOS/c1-2-3-14-4-6-15(7-5-14)17(20)13-19-10-8-18-16(12-19)9-11-21-18/h4-7,9,11H,2-3,8,10,12-13H2,1H3. The van der Waals surface area contributed by atoms with Crippen molar-refractivity contribution >= 4 is 17.1 Å². The van der Waals surface area contributed by atoms with E-state index >= 15 is 0 Å². The van der Waals surface area contributed by atoms with Crippen LogP contribution in [0.1, 0.15) is 39.7 Å². The summed E-state index contributed by atoms with van der Waals surface area (Å²) in [7, 11) is 0. The van der Waals surface area contributed by atoms with Crippen LogP contribution in [0.2, 0.25) is 0 Å². The fourth-order valence-electron chi connectivity index (χ4n) is 2.88. The largest absolute Gasteiger partial charge is 0.293 e. The number of aryl methyl sites for hydroxylation is 1. The molecule has 0 saturated carbocycles. The van der Waals surface area contributed by atoms with E-state index in [0.717, 1.165) is 37.9 Å². The molecule has 0 fully saturated rings. The summed E-state index contributed by atoms with van der Waals surface area (Å²) in [5, 5.41) is 2.16. The first-order valence-electron chi connectivity index (χ1n) is 7.66. The van der Waals surface area contributed by atoms with E-state index in [0.29, 0.717) is 6.54 Å². The van der Waals surface area contributed by atoms with Crippen LogP contribution < -0.4 is 0 Å². The molecule has 21 heavy (non-hydrogen) atoms. The van der Waals surface area contributed by atoms with Crippen LogP contribution in [0.4, 0.5) is 0 Å². The zero-order valence-electron chi connectivity index (χ0n) is 12.5. The SMILES string of the molecule is CCCc1ccc(C(=O)CN2CCc3sccc3C2)cc1. The van der Waals surface area contributed by atoms with Crippen LogP contribution in [0.5, 0.6) is 0 Å². The summed E-state index contributed by atoms with van der Waals surface area (Å²) in [5.74, 6) is 0.233. The number of carbonyl (C=O) groups excluding carboxylic acids is 1. The molecule has 1 aromatic carbocycles. The Morgan fingerprint density at radius 3 is 2.81 bits per heavy atom. The summed E-state index contributed by atoms with van der Waals surface area (Å²) in [4.78, 5) is 16.1. The van der Waals surface area contributed by atoms with E-state index in [2.05, 4.69) is 35.4 Å². The van der Waals surface area contributed by atoms with E-state index in [9.17, 15) is 4.79 Å². The fourth-order valence-corrected chi connectivity index (χ4v) is 3.77. The molecule has 0 N–H and O–H groups in total. The molecule has 2 aromatic rings. The highest BCUT2D eigenvalue weighted by atomic mass is 32.1. The van der Waals surface area contributed by atoms with Gasteiger partial charge < -0.3 is 0 Å². The number of thiophene rings is 1. The molecule has 2 heterocycles. The third-order valence-electron chi connectivity index (χ3n) is 4.07. The van der Waals surface area contributed by atoms with Crippen molar-refractivity contribution < 1.29 is 4.79 Å². The summed E-state index contributed by atoms with van der Waals surface area (Å²) < 4.78 is 0. The van der Waals surface area contributed by atoms with Crippen molar-refractivity contribution in [3.63, 3.8) is 0 Å². The predicted octanol–water partition coefficient (Wildman–Crippen LogP) is 3.94. The van der Waals surface area contributed by atoms with Gasteiger partial charge in [-0.2, -0.15) is 0 Å². The normalized spacial score (nSPS) is 14.9. The molecule has 3 rings (SSSR count). The number of Topliss-reactive ketones (excluding diaryl/α,β-unsaturated/α-hetero) is 1. The Morgan fingerprint density at radius 1 is 1.24 bits per heavy atom. The van der Waals surface area contributed by atoms with Crippen molar-refractivity contribution in [1.29, 1.82) is 0 Å². The first-order chi connectivity index (χ1) is 10.3. The van der Waals surface area contributed by atoms with Gasteiger partial charge in [0.25, 0.3) is 0 Å². The number of nitrogens with zero attached hydrogens (tertiary/aromatic N) is 1. The number of ketones is 1. The van der Waals surface area contributed by atoms with Crippen LogP contribution >= 0.6 is 11.3 Å². The molecule has 0 amide bonds. The molecule has 0 radical (unpaired) electrons. The van der Waals surface area contributed by atoms with E-state index in [1.54, 1.807) is 0 Å². The van der Waals surface area contributed by atoms with E-state index in [1.807, 2.05) is 23.5 Å². The topological polar surface area (TPSA) is 20.3 Å². The lowest BCUT2D eigenvalue weighted by molar-refractivity contribution is 0.0922. The van der Waals surface area contributed by atoms with Gasteiger partial charge in [-0.3, -0.25) is 9.69 Å². The molecule has 1 aliphatic heterocycles. The molecular formula is C18H21NOS. The van der Waals surface area contributed by atoms with Crippen LogP contribution in [0.15, 0.2) is 35.7 Å². The number of fused-ring (bicyclic) bond motifs is 1. The lowest BCUT2D eigenvalue weighted by Gasteiger charge is -2.26. The maximum atomic E-state index is 12.4. The molecule has 1 aliphatic rings. The van der Waals surface area contributed by atoms with Crippen molar-refractivity contribution in [1.82, 2.24) is 4.90 Å². The maximum absolute atomic E-state index is 12.4. The van der Waals surface area contributed by atoms with E-state index in [-0.39, 0.29) is 5.78 Å². The molecule has 0 atom stereocenters. The number of hydrogen-bond acceptors (Lipinski definition) is 3. The lowest BCUT2D eigenvalue weighted by Crippen LogP contribution is -2.34. The van der Waals surface area contributed by atoms with Gasteiger partial charge in [0.1, 0.15) is 0 Å². The average molecular weight is 299 g/mol. The fraction of sp³-hybridized carbons (Fsp3) is 0.389. The van der Waals surface area contributed by atoms with Crippen LogP contribution in [-0.2, 0) is 19.4 Å². The van der Waals surface area contributed by atoms with Gasteiger partial charge in [0.2, 0.25) is 0 Å². The second kappa shape index (κ2) is 6.54. The van der Waals surface area contributed by atoms with Crippen LogP contribution in [-0.4, -0.2) is 23.8 Å². The minimum Gasteiger partial charge on any atom is -0.293 e. The molecule has 0 bridgehead atoms. The summed E-state index contributed by atoms with van der Waals surface area (Å²) in [6.07, 6.45) is 3.31. The summed E-state index contributed by atoms with van der Waals surface area (Å²) >= 11 is 1.84. The van der Waals surface area contributed by atoms with Crippen molar-refractivity contribution in [3.05, 3.63) is 57.3 Å². The summed E-state index contributed by atoms with van der Waals surface area (Å²) in [6, 6.07) is 10.3. The molecule has 1 aromatic heterocycles. The highest BCUT2D eigenvalue weighted by Crippen LogP contribution is 2.24. The second-order valence-electron chi connectivity index (χ2n) is 5.70. The Kier molecular flexibility index (Phi) is 4.51. The predicted molar refractivity (Wildman–Crippen MR) is 88.1 cm³/mol. The monoisotopic (exact) mass is 299 g/mol. The van der Waals surface area contributed by atoms with Gasteiger partial charge in [-0.25, -0.2) is 0 Å². The van der Waals surface area contributed by atoms with E-state index in [4.69, 9.17) is 0 Å². The van der Waals surface area contributed by atoms with Crippen molar-refractivity contribution in [2.45, 2.75) is 32.7 Å². The van der Waals surface area contributed by atoms with Gasteiger partial charge in [0, 0.05) is 23.5 Å². The Hall–Kier alpha value is -1.45. The van der Waals surface area contributed by atoms with Gasteiger partial charge in [-0.1, -0.05) is 37.6 Å². The van der Waals surface area contributed by atoms with Gasteiger partial charge in [0.15, 0.2) is 5.78 Å². The smallest absolute Gasteiger partial charge is 0.176 e. The zero-order chi connectivity index (χ0) is 14.7. The molecule has 2 nitrogen and oxygen atoms in total.